The molecule has 0 unspecified atom stereocenters. The van der Waals surface area contributed by atoms with Crippen LogP contribution in [0.3, 0.4) is 0 Å². The summed E-state index contributed by atoms with van der Waals surface area (Å²) in [4.78, 5) is 23.4. The summed E-state index contributed by atoms with van der Waals surface area (Å²) >= 11 is 0. The van der Waals surface area contributed by atoms with Crippen molar-refractivity contribution in [2.75, 3.05) is 0 Å². The van der Waals surface area contributed by atoms with Gasteiger partial charge in [0.15, 0.2) is 6.04 Å². The molecule has 0 spiro atoms. The Balaban J connectivity index is 0.00000192. The highest BCUT2D eigenvalue weighted by atomic mass is 35.5. The molecule has 1 aromatic carbocycles. The van der Waals surface area contributed by atoms with Gasteiger partial charge >= 0.3 is 11.9 Å². The third-order valence-corrected chi connectivity index (χ3v) is 4.20. The van der Waals surface area contributed by atoms with Crippen molar-refractivity contribution in [3.63, 3.8) is 0 Å². The normalized spacial score (nSPS) is 26.4. The van der Waals surface area contributed by atoms with Gasteiger partial charge in [0.1, 0.15) is 17.7 Å². The van der Waals surface area contributed by atoms with E-state index in [1.165, 1.54) is 6.26 Å². The van der Waals surface area contributed by atoms with Gasteiger partial charge in [-0.1, -0.05) is 30.3 Å². The van der Waals surface area contributed by atoms with Crippen molar-refractivity contribution in [1.29, 1.82) is 0 Å². The molecule has 0 bridgehead atoms. The number of carboxylic acids is 2. The number of aliphatic carboxylic acids is 2. The Morgan fingerprint density at radius 2 is 1.70 bits per heavy atom. The second kappa shape index (κ2) is 6.85. The topological polar surface area (TPSA) is 104 Å². The fraction of sp³-hybridized carbons (Fsp3) is 0.250. The molecule has 122 valence electrons. The summed E-state index contributed by atoms with van der Waals surface area (Å²) in [6.07, 6.45) is 1.43. The number of benzene rings is 1. The molecule has 4 N–H and O–H groups in total. The zero-order valence-corrected chi connectivity index (χ0v) is 12.8. The number of quaternary nitrogens is 1. The molecule has 2 heterocycles. The maximum absolute atomic E-state index is 11.8. The molecule has 1 aromatic heterocycles. The maximum atomic E-state index is 11.8. The molecule has 6 nitrogen and oxygen atoms in total. The smallest absolute Gasteiger partial charge is 0.363 e. The molecule has 2 aromatic rings. The van der Waals surface area contributed by atoms with E-state index in [9.17, 15) is 19.8 Å². The highest BCUT2D eigenvalue weighted by Crippen LogP contribution is 2.39. The number of hydrogen-bond acceptors (Lipinski definition) is 3. The number of halogens is 1. The van der Waals surface area contributed by atoms with Gasteiger partial charge in [0.25, 0.3) is 0 Å². The fourth-order valence-electron chi connectivity index (χ4n) is 3.28. The summed E-state index contributed by atoms with van der Waals surface area (Å²) in [5.41, 5.74) is 0.801. The van der Waals surface area contributed by atoms with Crippen LogP contribution in [0.2, 0.25) is 0 Å². The standard InChI is InChI=1S/C16H15NO5.ClH/c18-15(19)12-11(10-7-4-8-22-10)14(16(20)21)17-13(12)9-5-2-1-3-6-9;/h1-8,11-14,17H,(H,18,19)(H,20,21);1H/t11-,12-,13+,14+;/m1./s1. The first-order valence-corrected chi connectivity index (χ1v) is 6.98. The van der Waals surface area contributed by atoms with E-state index < -0.39 is 35.9 Å². The van der Waals surface area contributed by atoms with Crippen LogP contribution in [-0.2, 0) is 9.59 Å². The number of carboxylic acid groups (broad SMARTS) is 2. The zero-order chi connectivity index (χ0) is 15.7. The molecular formula is C16H16ClNO5. The molecule has 0 radical (unpaired) electrons. The van der Waals surface area contributed by atoms with Crippen LogP contribution >= 0.6 is 0 Å². The van der Waals surface area contributed by atoms with Gasteiger partial charge in [0.2, 0.25) is 0 Å². The number of furan rings is 1. The van der Waals surface area contributed by atoms with Gasteiger partial charge in [-0.2, -0.15) is 0 Å². The van der Waals surface area contributed by atoms with Crippen molar-refractivity contribution in [3.05, 3.63) is 60.1 Å². The van der Waals surface area contributed by atoms with Crippen molar-refractivity contribution < 1.29 is 41.9 Å². The van der Waals surface area contributed by atoms with E-state index in [1.807, 2.05) is 30.3 Å². The largest absolute Gasteiger partial charge is 1.00 e. The molecule has 0 aliphatic carbocycles. The Labute approximate surface area is 138 Å². The first-order valence-electron chi connectivity index (χ1n) is 6.98. The monoisotopic (exact) mass is 337 g/mol. The van der Waals surface area contributed by atoms with Gasteiger partial charge in [-0.05, 0) is 12.1 Å². The lowest BCUT2D eigenvalue weighted by Crippen LogP contribution is -3.00. The summed E-state index contributed by atoms with van der Waals surface area (Å²) in [7, 11) is 0. The number of rotatable bonds is 4. The van der Waals surface area contributed by atoms with Crippen LogP contribution in [0, 0.1) is 5.92 Å². The van der Waals surface area contributed by atoms with Crippen LogP contribution in [0.25, 0.3) is 0 Å². The summed E-state index contributed by atoms with van der Waals surface area (Å²) in [6.45, 7) is 0. The van der Waals surface area contributed by atoms with Crippen LogP contribution in [-0.4, -0.2) is 28.2 Å². The minimum Gasteiger partial charge on any atom is -1.00 e. The lowest BCUT2D eigenvalue weighted by molar-refractivity contribution is -0.700. The highest BCUT2D eigenvalue weighted by molar-refractivity contribution is 5.79. The van der Waals surface area contributed by atoms with Crippen LogP contribution in [0.15, 0.2) is 53.1 Å². The first-order chi connectivity index (χ1) is 10.6. The van der Waals surface area contributed by atoms with Gasteiger partial charge in [-0.3, -0.25) is 4.79 Å². The quantitative estimate of drug-likeness (QED) is 0.589. The number of nitrogens with two attached hydrogens (primary N) is 1. The molecule has 7 heteroatoms. The Hall–Kier alpha value is -2.31. The number of hydrogen-bond donors (Lipinski definition) is 3. The van der Waals surface area contributed by atoms with Crippen molar-refractivity contribution in [2.24, 2.45) is 5.92 Å². The molecule has 23 heavy (non-hydrogen) atoms. The summed E-state index contributed by atoms with van der Waals surface area (Å²) in [5.74, 6) is -3.24. The Bertz CT molecular complexity index is 673. The lowest BCUT2D eigenvalue weighted by atomic mass is 9.83. The average Bonchev–Trinajstić information content (AvgIpc) is 3.15. The van der Waals surface area contributed by atoms with E-state index in [-0.39, 0.29) is 12.4 Å². The second-order valence-electron chi connectivity index (χ2n) is 5.40. The minimum absolute atomic E-state index is 0. The van der Waals surface area contributed by atoms with Gasteiger partial charge in [-0.25, -0.2) is 4.79 Å². The molecule has 0 amide bonds. The van der Waals surface area contributed by atoms with E-state index >= 15 is 0 Å². The van der Waals surface area contributed by atoms with Crippen molar-refractivity contribution in [2.45, 2.75) is 18.0 Å². The van der Waals surface area contributed by atoms with Crippen LogP contribution < -0.4 is 17.7 Å². The third-order valence-electron chi connectivity index (χ3n) is 4.20. The molecule has 1 saturated heterocycles. The molecule has 0 saturated carbocycles. The molecule has 1 aliphatic heterocycles. The first kappa shape index (κ1) is 17.1. The third kappa shape index (κ3) is 3.09. The van der Waals surface area contributed by atoms with E-state index in [2.05, 4.69) is 0 Å². The summed E-state index contributed by atoms with van der Waals surface area (Å²) < 4.78 is 5.32. The SMILES string of the molecule is O=C(O)[C@@H]1[C@@H](c2ccco2)[C@@H](C(=O)O)[NH2+][C@H]1c1ccccc1.[Cl-]. The molecule has 1 fully saturated rings. The highest BCUT2D eigenvalue weighted by Gasteiger charge is 2.56. The van der Waals surface area contributed by atoms with Crippen molar-refractivity contribution >= 4 is 11.9 Å². The lowest BCUT2D eigenvalue weighted by Gasteiger charge is -2.16. The zero-order valence-electron chi connectivity index (χ0n) is 12.0. The van der Waals surface area contributed by atoms with Crippen LogP contribution in [0.1, 0.15) is 23.3 Å². The van der Waals surface area contributed by atoms with E-state index in [1.54, 1.807) is 17.4 Å². The van der Waals surface area contributed by atoms with Crippen LogP contribution in [0.5, 0.6) is 0 Å². The molecular weight excluding hydrogens is 322 g/mol. The summed E-state index contributed by atoms with van der Waals surface area (Å²) in [6, 6.07) is 11.0. The van der Waals surface area contributed by atoms with Crippen molar-refractivity contribution in [1.82, 2.24) is 0 Å². The van der Waals surface area contributed by atoms with E-state index in [0.717, 1.165) is 5.56 Å². The minimum atomic E-state index is -1.04. The van der Waals surface area contributed by atoms with Gasteiger partial charge in [-0.15, -0.1) is 0 Å². The van der Waals surface area contributed by atoms with Gasteiger partial charge < -0.3 is 32.4 Å². The van der Waals surface area contributed by atoms with Crippen LogP contribution in [0.4, 0.5) is 0 Å². The molecule has 4 atom stereocenters. The Morgan fingerprint density at radius 3 is 2.22 bits per heavy atom. The summed E-state index contributed by atoms with van der Waals surface area (Å²) in [5, 5.41) is 20.8. The Kier molecular flexibility index (Phi) is 5.08. The van der Waals surface area contributed by atoms with Gasteiger partial charge in [0, 0.05) is 5.56 Å². The Morgan fingerprint density at radius 1 is 1.00 bits per heavy atom. The molecule has 3 rings (SSSR count). The molecule has 1 aliphatic rings. The predicted molar refractivity (Wildman–Crippen MR) is 75.1 cm³/mol. The fourth-order valence-corrected chi connectivity index (χ4v) is 3.28. The predicted octanol–water partition coefficient (Wildman–Crippen LogP) is -2.16. The van der Waals surface area contributed by atoms with Gasteiger partial charge in [0.05, 0.1) is 12.2 Å². The van der Waals surface area contributed by atoms with Crippen molar-refractivity contribution in [3.8, 4) is 0 Å². The van der Waals surface area contributed by atoms with E-state index in [0.29, 0.717) is 5.76 Å². The van der Waals surface area contributed by atoms with E-state index in [4.69, 9.17) is 4.42 Å². The average molecular weight is 338 g/mol. The second-order valence-corrected chi connectivity index (χ2v) is 5.40. The number of carbonyl (C=O) groups is 2. The maximum Gasteiger partial charge on any atom is 0.363 e.